The van der Waals surface area contributed by atoms with Crippen LogP contribution in [0.15, 0.2) is 24.7 Å². The minimum Gasteiger partial charge on any atom is -0.241 e. The van der Waals surface area contributed by atoms with Crippen LogP contribution in [0.4, 0.5) is 0 Å². The molecule has 0 bridgehead atoms. The smallest absolute Gasteiger partial charge is 0.131 e. The SMILES string of the molecule is CC.CC(C)c1ccnc(C(C)C)n1.CC(C)c1cnc(C(C)C)nc1. The molecule has 2 aromatic rings. The van der Waals surface area contributed by atoms with Gasteiger partial charge in [-0.1, -0.05) is 69.2 Å². The molecular formula is C22H38N4. The van der Waals surface area contributed by atoms with Gasteiger partial charge >= 0.3 is 0 Å². The van der Waals surface area contributed by atoms with Crippen LogP contribution in [-0.4, -0.2) is 19.9 Å². The monoisotopic (exact) mass is 358 g/mol. The van der Waals surface area contributed by atoms with Gasteiger partial charge in [0, 0.05) is 36.1 Å². The van der Waals surface area contributed by atoms with Crippen LogP contribution in [0.3, 0.4) is 0 Å². The van der Waals surface area contributed by atoms with Crippen LogP contribution in [-0.2, 0) is 0 Å². The molecule has 0 atom stereocenters. The molecule has 0 aliphatic heterocycles. The van der Waals surface area contributed by atoms with Crippen molar-refractivity contribution in [3.05, 3.63) is 47.6 Å². The third-order valence-corrected chi connectivity index (χ3v) is 3.68. The second-order valence-electron chi connectivity index (χ2n) is 7.33. The molecule has 0 amide bonds. The van der Waals surface area contributed by atoms with Gasteiger partial charge in [0.05, 0.1) is 0 Å². The van der Waals surface area contributed by atoms with Crippen molar-refractivity contribution in [2.24, 2.45) is 0 Å². The van der Waals surface area contributed by atoms with Crippen LogP contribution >= 0.6 is 0 Å². The van der Waals surface area contributed by atoms with Gasteiger partial charge in [0.25, 0.3) is 0 Å². The molecule has 0 saturated carbocycles. The van der Waals surface area contributed by atoms with Crippen molar-refractivity contribution in [3.8, 4) is 0 Å². The summed E-state index contributed by atoms with van der Waals surface area (Å²) in [5, 5.41) is 0. The Labute approximate surface area is 160 Å². The molecule has 0 unspecified atom stereocenters. The highest BCUT2D eigenvalue weighted by molar-refractivity contribution is 5.10. The first kappa shape index (κ1) is 24.2. The van der Waals surface area contributed by atoms with E-state index in [4.69, 9.17) is 0 Å². The number of rotatable bonds is 4. The lowest BCUT2D eigenvalue weighted by molar-refractivity contribution is 0.729. The molecule has 2 aromatic heterocycles. The van der Waals surface area contributed by atoms with Crippen molar-refractivity contribution < 1.29 is 0 Å². The van der Waals surface area contributed by atoms with Crippen molar-refractivity contribution in [2.45, 2.75) is 92.9 Å². The van der Waals surface area contributed by atoms with Crippen LogP contribution in [0.1, 0.15) is 116 Å². The highest BCUT2D eigenvalue weighted by atomic mass is 14.9. The quantitative estimate of drug-likeness (QED) is 0.628. The first-order chi connectivity index (χ1) is 12.2. The molecule has 2 rings (SSSR count). The average molecular weight is 359 g/mol. The molecule has 0 N–H and O–H groups in total. The lowest BCUT2D eigenvalue weighted by atomic mass is 10.1. The van der Waals surface area contributed by atoms with Gasteiger partial charge in [-0.3, -0.25) is 0 Å². The number of aromatic nitrogens is 4. The summed E-state index contributed by atoms with van der Waals surface area (Å²) in [4.78, 5) is 17.2. The number of hydrogen-bond acceptors (Lipinski definition) is 4. The Hall–Kier alpha value is -1.84. The van der Waals surface area contributed by atoms with E-state index < -0.39 is 0 Å². The molecule has 0 radical (unpaired) electrons. The molecule has 0 spiro atoms. The largest absolute Gasteiger partial charge is 0.241 e. The minimum atomic E-state index is 0.420. The molecule has 0 aromatic carbocycles. The zero-order valence-electron chi connectivity index (χ0n) is 18.4. The van der Waals surface area contributed by atoms with E-state index in [9.17, 15) is 0 Å². The maximum atomic E-state index is 4.46. The first-order valence-electron chi connectivity index (χ1n) is 9.87. The zero-order chi connectivity index (χ0) is 20.3. The maximum absolute atomic E-state index is 4.46. The van der Waals surface area contributed by atoms with Crippen molar-refractivity contribution in [2.75, 3.05) is 0 Å². The van der Waals surface area contributed by atoms with Gasteiger partial charge in [0.2, 0.25) is 0 Å². The van der Waals surface area contributed by atoms with Gasteiger partial charge in [0.1, 0.15) is 11.6 Å². The lowest BCUT2D eigenvalue weighted by Gasteiger charge is -2.07. The maximum Gasteiger partial charge on any atom is 0.131 e. The summed E-state index contributed by atoms with van der Waals surface area (Å²) in [6, 6.07) is 1.98. The molecule has 26 heavy (non-hydrogen) atoms. The van der Waals surface area contributed by atoms with Crippen LogP contribution in [0.25, 0.3) is 0 Å². The van der Waals surface area contributed by atoms with Crippen LogP contribution < -0.4 is 0 Å². The van der Waals surface area contributed by atoms with Crippen LogP contribution in [0.2, 0.25) is 0 Å². The molecule has 4 nitrogen and oxygen atoms in total. The predicted octanol–water partition coefficient (Wildman–Crippen LogP) is 6.47. The van der Waals surface area contributed by atoms with Gasteiger partial charge in [-0.05, 0) is 23.5 Å². The number of nitrogens with zero attached hydrogens (tertiary/aromatic N) is 4. The fourth-order valence-electron chi connectivity index (χ4n) is 1.93. The second-order valence-corrected chi connectivity index (χ2v) is 7.33. The fourth-order valence-corrected chi connectivity index (χ4v) is 1.93. The van der Waals surface area contributed by atoms with Crippen molar-refractivity contribution in [1.82, 2.24) is 19.9 Å². The van der Waals surface area contributed by atoms with Gasteiger partial charge in [-0.25, -0.2) is 19.9 Å². The standard InChI is InChI=1S/2C10H16N2.C2H6/c1-7(2)9-5-11-10(8(3)4)12-6-9;1-7(2)9-5-6-11-10(12-9)8(3)4;1-2/h2*5-8H,1-4H3;1-2H3. The molecule has 0 fully saturated rings. The van der Waals surface area contributed by atoms with Crippen molar-refractivity contribution in [3.63, 3.8) is 0 Å². The molecule has 0 aliphatic rings. The Morgan fingerprint density at radius 3 is 1.50 bits per heavy atom. The highest BCUT2D eigenvalue weighted by Gasteiger charge is 2.05. The summed E-state index contributed by atoms with van der Waals surface area (Å²) in [5.41, 5.74) is 2.34. The summed E-state index contributed by atoms with van der Waals surface area (Å²) >= 11 is 0. The molecular weight excluding hydrogens is 320 g/mol. The Balaban J connectivity index is 0.000000439. The van der Waals surface area contributed by atoms with E-state index in [1.165, 1.54) is 5.56 Å². The van der Waals surface area contributed by atoms with Crippen molar-refractivity contribution in [1.29, 1.82) is 0 Å². The fraction of sp³-hybridized carbons (Fsp3) is 0.636. The Morgan fingerprint density at radius 1 is 0.615 bits per heavy atom. The second kappa shape index (κ2) is 12.5. The average Bonchev–Trinajstić information content (AvgIpc) is 2.64. The predicted molar refractivity (Wildman–Crippen MR) is 112 cm³/mol. The molecule has 146 valence electrons. The lowest BCUT2D eigenvalue weighted by Crippen LogP contribution is -2.01. The molecule has 2 heterocycles. The minimum absolute atomic E-state index is 0.420. The van der Waals surface area contributed by atoms with E-state index in [1.807, 2.05) is 38.5 Å². The van der Waals surface area contributed by atoms with Gasteiger partial charge < -0.3 is 0 Å². The third kappa shape index (κ3) is 8.50. The summed E-state index contributed by atoms with van der Waals surface area (Å²) in [6.45, 7) is 21.0. The highest BCUT2D eigenvalue weighted by Crippen LogP contribution is 2.14. The topological polar surface area (TPSA) is 51.6 Å². The summed E-state index contributed by atoms with van der Waals surface area (Å²) in [7, 11) is 0. The first-order valence-corrected chi connectivity index (χ1v) is 9.87. The van der Waals surface area contributed by atoms with Gasteiger partial charge in [-0.2, -0.15) is 0 Å². The van der Waals surface area contributed by atoms with E-state index in [0.717, 1.165) is 17.3 Å². The van der Waals surface area contributed by atoms with Crippen molar-refractivity contribution >= 4 is 0 Å². The Morgan fingerprint density at radius 2 is 1.12 bits per heavy atom. The van der Waals surface area contributed by atoms with Gasteiger partial charge in [0.15, 0.2) is 0 Å². The molecule has 4 heteroatoms. The zero-order valence-corrected chi connectivity index (χ0v) is 18.4. The molecule has 0 aliphatic carbocycles. The Kier molecular flexibility index (Phi) is 11.6. The van der Waals surface area contributed by atoms with Crippen LogP contribution in [0.5, 0.6) is 0 Å². The summed E-state index contributed by atoms with van der Waals surface area (Å²) in [6.07, 6.45) is 5.69. The Bertz CT molecular complexity index is 552. The van der Waals surface area contributed by atoms with E-state index >= 15 is 0 Å². The normalized spacial score (nSPS) is 10.5. The van der Waals surface area contributed by atoms with Gasteiger partial charge in [-0.15, -0.1) is 0 Å². The van der Waals surface area contributed by atoms with E-state index in [2.05, 4.69) is 75.3 Å². The summed E-state index contributed by atoms with van der Waals surface area (Å²) < 4.78 is 0. The van der Waals surface area contributed by atoms with E-state index in [-0.39, 0.29) is 0 Å². The van der Waals surface area contributed by atoms with E-state index in [0.29, 0.717) is 23.7 Å². The third-order valence-electron chi connectivity index (χ3n) is 3.68. The summed E-state index contributed by atoms with van der Waals surface area (Å²) in [5.74, 6) is 3.73. The molecule has 0 saturated heterocycles. The van der Waals surface area contributed by atoms with E-state index in [1.54, 1.807) is 0 Å². The van der Waals surface area contributed by atoms with Crippen LogP contribution in [0, 0.1) is 0 Å². The number of hydrogen-bond donors (Lipinski definition) is 0.